The van der Waals surface area contributed by atoms with Gasteiger partial charge in [0.2, 0.25) is 0 Å². The summed E-state index contributed by atoms with van der Waals surface area (Å²) >= 11 is 0. The molecular weight excluding hydrogens is 226 g/mol. The van der Waals surface area contributed by atoms with Crippen molar-refractivity contribution in [2.24, 2.45) is 0 Å². The van der Waals surface area contributed by atoms with Crippen LogP contribution in [0.1, 0.15) is 44.1 Å². The van der Waals surface area contributed by atoms with Gasteiger partial charge >= 0.3 is 5.97 Å². The second kappa shape index (κ2) is 8.70. The van der Waals surface area contributed by atoms with E-state index in [0.717, 1.165) is 25.9 Å². The summed E-state index contributed by atoms with van der Waals surface area (Å²) in [4.78, 5) is 10.4. The van der Waals surface area contributed by atoms with Crippen LogP contribution in [0.5, 0.6) is 0 Å². The number of carboxylic acid groups (broad SMARTS) is 1. The first-order valence-electron chi connectivity index (χ1n) is 6.71. The first kappa shape index (κ1) is 14.7. The maximum Gasteiger partial charge on any atom is 0.303 e. The standard InChI is InChI=1S/C15H23NO2/c1-2-7-14(13-8-4-3-5-9-13)12-16-11-6-10-15(17)18/h3-5,8-9,14,16H,2,6-7,10-12H2,1H3,(H,17,18). The molecule has 0 aromatic heterocycles. The van der Waals surface area contributed by atoms with Crippen LogP contribution in [0.2, 0.25) is 0 Å². The van der Waals surface area contributed by atoms with Crippen LogP contribution in [-0.2, 0) is 4.79 Å². The van der Waals surface area contributed by atoms with Crippen molar-refractivity contribution in [3.8, 4) is 0 Å². The molecule has 100 valence electrons. The van der Waals surface area contributed by atoms with E-state index in [9.17, 15) is 4.79 Å². The Morgan fingerprint density at radius 1 is 1.33 bits per heavy atom. The summed E-state index contributed by atoms with van der Waals surface area (Å²) in [5.74, 6) is -0.189. The van der Waals surface area contributed by atoms with Gasteiger partial charge in [0.05, 0.1) is 0 Å². The van der Waals surface area contributed by atoms with Gasteiger partial charge in [-0.15, -0.1) is 0 Å². The first-order valence-corrected chi connectivity index (χ1v) is 6.71. The fraction of sp³-hybridized carbons (Fsp3) is 0.533. The van der Waals surface area contributed by atoms with Gasteiger partial charge in [-0.05, 0) is 30.9 Å². The van der Waals surface area contributed by atoms with Gasteiger partial charge in [-0.1, -0.05) is 43.7 Å². The summed E-state index contributed by atoms with van der Waals surface area (Å²) in [6, 6.07) is 10.5. The van der Waals surface area contributed by atoms with Crippen molar-refractivity contribution in [1.29, 1.82) is 0 Å². The molecule has 1 atom stereocenters. The van der Waals surface area contributed by atoms with Gasteiger partial charge in [-0.25, -0.2) is 0 Å². The lowest BCUT2D eigenvalue weighted by atomic mass is 9.94. The summed E-state index contributed by atoms with van der Waals surface area (Å²) in [6.07, 6.45) is 3.27. The molecule has 0 saturated heterocycles. The van der Waals surface area contributed by atoms with Crippen LogP contribution >= 0.6 is 0 Å². The van der Waals surface area contributed by atoms with Crippen LogP contribution in [-0.4, -0.2) is 24.2 Å². The van der Waals surface area contributed by atoms with Crippen LogP contribution < -0.4 is 5.32 Å². The SMILES string of the molecule is CCCC(CNCCCC(=O)O)c1ccccc1. The number of carbonyl (C=O) groups is 1. The number of benzene rings is 1. The molecule has 3 nitrogen and oxygen atoms in total. The average molecular weight is 249 g/mol. The van der Waals surface area contributed by atoms with Gasteiger partial charge in [0, 0.05) is 13.0 Å². The monoisotopic (exact) mass is 249 g/mol. The van der Waals surface area contributed by atoms with Crippen molar-refractivity contribution >= 4 is 5.97 Å². The zero-order valence-electron chi connectivity index (χ0n) is 11.1. The van der Waals surface area contributed by atoms with Crippen LogP contribution in [0.3, 0.4) is 0 Å². The van der Waals surface area contributed by atoms with Gasteiger partial charge < -0.3 is 10.4 Å². The zero-order valence-corrected chi connectivity index (χ0v) is 11.1. The number of nitrogens with one attached hydrogen (secondary N) is 1. The first-order chi connectivity index (χ1) is 8.74. The van der Waals surface area contributed by atoms with Crippen molar-refractivity contribution in [1.82, 2.24) is 5.32 Å². The maximum absolute atomic E-state index is 10.4. The van der Waals surface area contributed by atoms with Crippen LogP contribution in [0.4, 0.5) is 0 Å². The fourth-order valence-corrected chi connectivity index (χ4v) is 2.10. The van der Waals surface area contributed by atoms with Crippen molar-refractivity contribution in [2.45, 2.75) is 38.5 Å². The summed E-state index contributed by atoms with van der Waals surface area (Å²) in [5.41, 5.74) is 1.37. The van der Waals surface area contributed by atoms with Crippen LogP contribution in [0.15, 0.2) is 30.3 Å². The molecule has 1 aromatic carbocycles. The third kappa shape index (κ3) is 5.82. The molecule has 1 aromatic rings. The molecule has 0 aliphatic rings. The summed E-state index contributed by atoms with van der Waals surface area (Å²) in [7, 11) is 0. The maximum atomic E-state index is 10.4. The Kier molecular flexibility index (Phi) is 7.11. The van der Waals surface area contributed by atoms with E-state index in [2.05, 4.69) is 36.5 Å². The number of rotatable bonds is 9. The van der Waals surface area contributed by atoms with E-state index in [-0.39, 0.29) is 6.42 Å². The van der Waals surface area contributed by atoms with Gasteiger partial charge in [0.1, 0.15) is 0 Å². The fourth-order valence-electron chi connectivity index (χ4n) is 2.10. The van der Waals surface area contributed by atoms with E-state index in [1.165, 1.54) is 5.56 Å². The minimum absolute atomic E-state index is 0.247. The molecule has 18 heavy (non-hydrogen) atoms. The molecule has 1 unspecified atom stereocenters. The predicted octanol–water partition coefficient (Wildman–Crippen LogP) is 3.02. The lowest BCUT2D eigenvalue weighted by Crippen LogP contribution is -2.23. The van der Waals surface area contributed by atoms with E-state index >= 15 is 0 Å². The normalized spacial score (nSPS) is 12.3. The molecule has 0 saturated carbocycles. The smallest absolute Gasteiger partial charge is 0.303 e. The molecule has 0 fully saturated rings. The van der Waals surface area contributed by atoms with E-state index < -0.39 is 5.97 Å². The quantitative estimate of drug-likeness (QED) is 0.661. The lowest BCUT2D eigenvalue weighted by Gasteiger charge is -2.17. The average Bonchev–Trinajstić information content (AvgIpc) is 2.38. The third-order valence-corrected chi connectivity index (χ3v) is 3.04. The largest absolute Gasteiger partial charge is 0.481 e. The van der Waals surface area contributed by atoms with E-state index in [0.29, 0.717) is 12.3 Å². The minimum Gasteiger partial charge on any atom is -0.481 e. The highest BCUT2D eigenvalue weighted by Crippen LogP contribution is 2.19. The molecule has 2 N–H and O–H groups in total. The number of carboxylic acids is 1. The predicted molar refractivity (Wildman–Crippen MR) is 73.8 cm³/mol. The minimum atomic E-state index is -0.718. The van der Waals surface area contributed by atoms with Gasteiger partial charge in [0.25, 0.3) is 0 Å². The molecule has 3 heteroatoms. The summed E-state index contributed by atoms with van der Waals surface area (Å²) in [5, 5.41) is 11.9. The molecular formula is C15H23NO2. The van der Waals surface area contributed by atoms with Crippen molar-refractivity contribution in [3.05, 3.63) is 35.9 Å². The molecule has 0 amide bonds. The number of aliphatic carboxylic acids is 1. The molecule has 0 radical (unpaired) electrons. The highest BCUT2D eigenvalue weighted by atomic mass is 16.4. The van der Waals surface area contributed by atoms with Gasteiger partial charge in [-0.3, -0.25) is 4.79 Å². The second-order valence-corrected chi connectivity index (χ2v) is 4.60. The Bertz CT molecular complexity index is 338. The Morgan fingerprint density at radius 2 is 2.06 bits per heavy atom. The van der Waals surface area contributed by atoms with Gasteiger partial charge in [0.15, 0.2) is 0 Å². The van der Waals surface area contributed by atoms with Crippen LogP contribution in [0.25, 0.3) is 0 Å². The van der Waals surface area contributed by atoms with E-state index in [1.807, 2.05) is 6.07 Å². The summed E-state index contributed by atoms with van der Waals surface area (Å²) < 4.78 is 0. The Hall–Kier alpha value is -1.35. The van der Waals surface area contributed by atoms with E-state index in [4.69, 9.17) is 5.11 Å². The second-order valence-electron chi connectivity index (χ2n) is 4.60. The highest BCUT2D eigenvalue weighted by Gasteiger charge is 2.09. The van der Waals surface area contributed by atoms with E-state index in [1.54, 1.807) is 0 Å². The third-order valence-electron chi connectivity index (χ3n) is 3.04. The Morgan fingerprint density at radius 3 is 2.67 bits per heavy atom. The molecule has 0 bridgehead atoms. The van der Waals surface area contributed by atoms with Crippen LogP contribution in [0, 0.1) is 0 Å². The number of hydrogen-bond acceptors (Lipinski definition) is 2. The zero-order chi connectivity index (χ0) is 13.2. The topological polar surface area (TPSA) is 49.3 Å². The van der Waals surface area contributed by atoms with Crippen molar-refractivity contribution in [2.75, 3.05) is 13.1 Å². The highest BCUT2D eigenvalue weighted by molar-refractivity contribution is 5.66. The van der Waals surface area contributed by atoms with Crippen molar-refractivity contribution < 1.29 is 9.90 Å². The Balaban J connectivity index is 2.33. The molecule has 1 rings (SSSR count). The molecule has 0 aliphatic heterocycles. The number of hydrogen-bond donors (Lipinski definition) is 2. The van der Waals surface area contributed by atoms with Crippen molar-refractivity contribution in [3.63, 3.8) is 0 Å². The molecule has 0 aliphatic carbocycles. The Labute approximate surface area is 109 Å². The molecule has 0 heterocycles. The lowest BCUT2D eigenvalue weighted by molar-refractivity contribution is -0.137. The summed E-state index contributed by atoms with van der Waals surface area (Å²) in [6.45, 7) is 3.90. The molecule has 0 spiro atoms. The van der Waals surface area contributed by atoms with Gasteiger partial charge in [-0.2, -0.15) is 0 Å².